The molecule has 0 saturated heterocycles. The molecule has 0 amide bonds. The number of hydrogen-bond acceptors (Lipinski definition) is 3. The van der Waals surface area contributed by atoms with E-state index in [1.807, 2.05) is 80.6 Å². The molecule has 3 nitrogen and oxygen atoms in total. The van der Waals surface area contributed by atoms with Crippen molar-refractivity contribution >= 4 is 11.0 Å². The summed E-state index contributed by atoms with van der Waals surface area (Å²) in [6.07, 6.45) is 1.77. The molecule has 0 saturated carbocycles. The Morgan fingerprint density at radius 1 is 0.839 bits per heavy atom. The van der Waals surface area contributed by atoms with E-state index in [0.717, 1.165) is 44.9 Å². The van der Waals surface area contributed by atoms with Gasteiger partial charge in [0.1, 0.15) is 11.3 Å². The van der Waals surface area contributed by atoms with Crippen LogP contribution in [-0.2, 0) is 20.1 Å². The third-order valence-electron chi connectivity index (χ3n) is 4.67. The summed E-state index contributed by atoms with van der Waals surface area (Å²) < 4.78 is 5.60. The third-order valence-corrected chi connectivity index (χ3v) is 4.67. The number of fused-ring (bicyclic) bond motifs is 1. The van der Waals surface area contributed by atoms with Crippen molar-refractivity contribution in [1.29, 1.82) is 0 Å². The van der Waals surface area contributed by atoms with Gasteiger partial charge < -0.3 is 14.4 Å². The monoisotopic (exact) mass is 583 g/mol. The van der Waals surface area contributed by atoms with E-state index < -0.39 is 0 Å². The molecule has 4 heteroatoms. The van der Waals surface area contributed by atoms with Crippen LogP contribution in [0, 0.1) is 32.9 Å². The van der Waals surface area contributed by atoms with Crippen molar-refractivity contribution in [2.24, 2.45) is 0 Å². The van der Waals surface area contributed by atoms with Gasteiger partial charge in [-0.15, -0.1) is 71.3 Å². The Labute approximate surface area is 196 Å². The minimum Gasteiger partial charge on any atom is -0.462 e. The first-order valence-electron chi connectivity index (χ1n) is 9.85. The van der Waals surface area contributed by atoms with Gasteiger partial charge in [0.15, 0.2) is 0 Å². The molecule has 0 atom stereocenters. The predicted octanol–water partition coefficient (Wildman–Crippen LogP) is 6.77. The Hall–Kier alpha value is -3.07. The average Bonchev–Trinajstić information content (AvgIpc) is 3.16. The molecule has 1 radical (unpaired) electrons. The van der Waals surface area contributed by atoms with Crippen LogP contribution in [0.5, 0.6) is 0 Å². The summed E-state index contributed by atoms with van der Waals surface area (Å²) in [6.45, 7) is 5.99. The van der Waals surface area contributed by atoms with E-state index in [1.54, 1.807) is 6.20 Å². The molecule has 0 unspecified atom stereocenters. The molecule has 3 aromatic heterocycles. The molecular weight excluding hydrogens is 561 g/mol. The minimum atomic E-state index is 0. The van der Waals surface area contributed by atoms with Gasteiger partial charge in [-0.1, -0.05) is 19.1 Å². The second-order valence-corrected chi connectivity index (χ2v) is 7.15. The number of hydrogen-bond donors (Lipinski definition) is 0. The van der Waals surface area contributed by atoms with Crippen molar-refractivity contribution in [3.05, 3.63) is 108 Å². The van der Waals surface area contributed by atoms with Gasteiger partial charge in [0, 0.05) is 37.4 Å². The van der Waals surface area contributed by atoms with E-state index in [0.29, 0.717) is 0 Å². The molecule has 0 aliphatic heterocycles. The molecule has 5 aromatic rings. The molecule has 0 N–H and O–H groups in total. The number of aryl methyl sites for hydroxylation is 3. The third kappa shape index (κ3) is 5.55. The first kappa shape index (κ1) is 22.6. The molecule has 0 spiro atoms. The summed E-state index contributed by atoms with van der Waals surface area (Å²) in [5.74, 6) is 0.904. The van der Waals surface area contributed by atoms with Crippen LogP contribution in [0.25, 0.3) is 33.5 Å². The van der Waals surface area contributed by atoms with Gasteiger partial charge in [-0.25, -0.2) is 0 Å². The molecule has 2 aromatic carbocycles. The van der Waals surface area contributed by atoms with Crippen LogP contribution in [0.15, 0.2) is 83.4 Å². The average molecular weight is 583 g/mol. The predicted molar refractivity (Wildman–Crippen MR) is 121 cm³/mol. The Balaban J connectivity index is 0.000000176. The fourth-order valence-corrected chi connectivity index (χ4v) is 3.20. The minimum absolute atomic E-state index is 0. The zero-order valence-corrected chi connectivity index (χ0v) is 20.0. The molecule has 0 fully saturated rings. The standard InChI is InChI=1S/C15H12NO.C12H10N.Ir/c1-10-3-5-12(6-4-10)15-13-9-11(2)17-14(13)7-8-16-15;1-10-6-5-9-12(13-10)11-7-3-2-4-8-11;/h3-5,7-9H,1-2H3;2-7,9H,1H3;/q2*-1;. The van der Waals surface area contributed by atoms with E-state index in [4.69, 9.17) is 4.42 Å². The van der Waals surface area contributed by atoms with Gasteiger partial charge in [0.25, 0.3) is 0 Å². The number of nitrogens with zero attached hydrogens (tertiary/aromatic N) is 2. The van der Waals surface area contributed by atoms with Crippen LogP contribution in [-0.4, -0.2) is 9.97 Å². The quantitative estimate of drug-likeness (QED) is 0.216. The largest absolute Gasteiger partial charge is 0.462 e. The van der Waals surface area contributed by atoms with Crippen molar-refractivity contribution < 1.29 is 24.5 Å². The van der Waals surface area contributed by atoms with Crippen LogP contribution < -0.4 is 0 Å². The van der Waals surface area contributed by atoms with Gasteiger partial charge in [0.05, 0.1) is 0 Å². The van der Waals surface area contributed by atoms with Gasteiger partial charge in [-0.05, 0) is 43.4 Å². The summed E-state index contributed by atoms with van der Waals surface area (Å²) in [6, 6.07) is 30.3. The Morgan fingerprint density at radius 3 is 2.42 bits per heavy atom. The molecule has 5 rings (SSSR count). The van der Waals surface area contributed by atoms with Gasteiger partial charge in [0.2, 0.25) is 0 Å². The fourth-order valence-electron chi connectivity index (χ4n) is 3.20. The van der Waals surface area contributed by atoms with E-state index in [1.165, 1.54) is 5.56 Å². The maximum atomic E-state index is 5.60. The second-order valence-electron chi connectivity index (χ2n) is 7.15. The number of benzene rings is 2. The maximum absolute atomic E-state index is 5.60. The number of rotatable bonds is 2. The van der Waals surface area contributed by atoms with Crippen molar-refractivity contribution in [2.45, 2.75) is 20.8 Å². The number of pyridine rings is 2. The summed E-state index contributed by atoms with van der Waals surface area (Å²) in [5.41, 5.74) is 7.08. The fraction of sp³-hybridized carbons (Fsp3) is 0.111. The normalized spacial score (nSPS) is 10.2. The zero-order chi connectivity index (χ0) is 20.9. The Bertz CT molecular complexity index is 1260. The van der Waals surface area contributed by atoms with E-state index in [9.17, 15) is 0 Å². The van der Waals surface area contributed by atoms with Crippen LogP contribution >= 0.6 is 0 Å². The smallest absolute Gasteiger partial charge is 0.128 e. The molecule has 157 valence electrons. The topological polar surface area (TPSA) is 38.9 Å². The van der Waals surface area contributed by atoms with Crippen molar-refractivity contribution in [1.82, 2.24) is 9.97 Å². The zero-order valence-electron chi connectivity index (χ0n) is 17.6. The maximum Gasteiger partial charge on any atom is 0.128 e. The van der Waals surface area contributed by atoms with Crippen molar-refractivity contribution in [3.8, 4) is 22.5 Å². The molecule has 31 heavy (non-hydrogen) atoms. The van der Waals surface area contributed by atoms with E-state index >= 15 is 0 Å². The van der Waals surface area contributed by atoms with Crippen LogP contribution in [0.3, 0.4) is 0 Å². The van der Waals surface area contributed by atoms with Crippen molar-refractivity contribution in [3.63, 3.8) is 0 Å². The van der Waals surface area contributed by atoms with Gasteiger partial charge >= 0.3 is 0 Å². The number of aromatic nitrogens is 2. The summed E-state index contributed by atoms with van der Waals surface area (Å²) >= 11 is 0. The van der Waals surface area contributed by atoms with E-state index in [-0.39, 0.29) is 20.1 Å². The summed E-state index contributed by atoms with van der Waals surface area (Å²) in [5, 5.41) is 1.05. The van der Waals surface area contributed by atoms with E-state index in [2.05, 4.69) is 35.1 Å². The van der Waals surface area contributed by atoms with Crippen LogP contribution in [0.1, 0.15) is 17.0 Å². The molecule has 0 bridgehead atoms. The summed E-state index contributed by atoms with van der Waals surface area (Å²) in [7, 11) is 0. The first-order chi connectivity index (χ1) is 14.6. The Morgan fingerprint density at radius 2 is 1.71 bits per heavy atom. The second kappa shape index (κ2) is 10.3. The van der Waals surface area contributed by atoms with Gasteiger partial charge in [-0.3, -0.25) is 0 Å². The van der Waals surface area contributed by atoms with Crippen molar-refractivity contribution in [2.75, 3.05) is 0 Å². The SMILES string of the molecule is Cc1c[c-]c(-c2nccc3oc(C)cc23)cc1.Cc1cccc(-c2[c-]cccc2)n1.[Ir]. The van der Waals surface area contributed by atoms with Crippen LogP contribution in [0.4, 0.5) is 0 Å². The molecule has 0 aliphatic rings. The molecular formula is C27H22IrN2O-2. The van der Waals surface area contributed by atoms with Crippen LogP contribution in [0.2, 0.25) is 0 Å². The van der Waals surface area contributed by atoms with Gasteiger partial charge in [-0.2, -0.15) is 0 Å². The summed E-state index contributed by atoms with van der Waals surface area (Å²) in [4.78, 5) is 8.84. The Kier molecular flexibility index (Phi) is 7.51. The number of furan rings is 1. The first-order valence-corrected chi connectivity index (χ1v) is 9.85. The molecule has 3 heterocycles. The molecule has 0 aliphatic carbocycles.